The number of hydrogen-bond acceptors (Lipinski definition) is 2. The monoisotopic (exact) mass is 271 g/mol. The van der Waals surface area contributed by atoms with Gasteiger partial charge >= 0.3 is 0 Å². The summed E-state index contributed by atoms with van der Waals surface area (Å²) in [7, 11) is 0. The molecule has 0 bridgehead atoms. The normalized spacial score (nSPS) is 16.0. The van der Waals surface area contributed by atoms with E-state index in [0.29, 0.717) is 11.8 Å². The van der Waals surface area contributed by atoms with Crippen LogP contribution in [-0.4, -0.2) is 17.5 Å². The Morgan fingerprint density at radius 2 is 1.95 bits per heavy atom. The molecule has 0 atom stereocenters. The van der Waals surface area contributed by atoms with Crippen LogP contribution in [0, 0.1) is 0 Å². The fourth-order valence-electron chi connectivity index (χ4n) is 2.47. The van der Waals surface area contributed by atoms with Gasteiger partial charge in [-0.05, 0) is 31.7 Å². The van der Waals surface area contributed by atoms with E-state index in [0.717, 1.165) is 5.56 Å². The lowest BCUT2D eigenvalue weighted by molar-refractivity contribution is 0.436. The van der Waals surface area contributed by atoms with E-state index in [1.54, 1.807) is 0 Å². The highest BCUT2D eigenvalue weighted by Gasteiger charge is 2.16. The predicted octanol–water partition coefficient (Wildman–Crippen LogP) is 4.75. The maximum Gasteiger partial charge on any atom is 0.160 e. The molecule has 3 nitrogen and oxygen atoms in total. The van der Waals surface area contributed by atoms with E-state index in [1.165, 1.54) is 44.0 Å². The molecule has 1 heterocycles. The lowest BCUT2D eigenvalue weighted by Crippen LogP contribution is -2.07. The second-order valence-corrected chi connectivity index (χ2v) is 4.60. The van der Waals surface area contributed by atoms with Gasteiger partial charge in [-0.1, -0.05) is 39.7 Å². The highest BCUT2D eigenvalue weighted by atomic mass is 14.9. The topological polar surface area (TPSA) is 37.6 Å². The molecule has 0 N–H and O–H groups in total. The molecule has 1 aliphatic rings. The molecule has 3 heteroatoms. The van der Waals surface area contributed by atoms with Crippen LogP contribution in [0.15, 0.2) is 41.1 Å². The van der Waals surface area contributed by atoms with Gasteiger partial charge in [0.2, 0.25) is 0 Å². The fraction of sp³-hybridized carbons (Fsp3) is 0.471. The Kier molecular flexibility index (Phi) is 7.48. The van der Waals surface area contributed by atoms with E-state index >= 15 is 0 Å². The van der Waals surface area contributed by atoms with Crippen LogP contribution >= 0.6 is 0 Å². The van der Waals surface area contributed by atoms with E-state index in [4.69, 9.17) is 0 Å². The summed E-state index contributed by atoms with van der Waals surface area (Å²) in [6.07, 6.45) is 9.85. The van der Waals surface area contributed by atoms with Gasteiger partial charge in [-0.15, -0.1) is 0 Å². The number of rotatable bonds is 3. The Labute approximate surface area is 122 Å². The molecule has 0 amide bonds. The van der Waals surface area contributed by atoms with Crippen molar-refractivity contribution >= 4 is 12.6 Å². The summed E-state index contributed by atoms with van der Waals surface area (Å²) >= 11 is 0. The van der Waals surface area contributed by atoms with Crippen molar-refractivity contribution in [1.82, 2.24) is 4.98 Å². The number of nitrogens with zero attached hydrogens (tertiary/aromatic N) is 3. The Morgan fingerprint density at radius 3 is 2.45 bits per heavy atom. The third-order valence-electron chi connectivity index (χ3n) is 3.43. The second kappa shape index (κ2) is 9.18. The van der Waals surface area contributed by atoms with Gasteiger partial charge in [-0.2, -0.15) is 0 Å². The Bertz CT molecular complexity index is 440. The van der Waals surface area contributed by atoms with Crippen molar-refractivity contribution in [3.05, 3.63) is 42.4 Å². The minimum atomic E-state index is 0.577. The van der Waals surface area contributed by atoms with Crippen molar-refractivity contribution in [1.29, 1.82) is 0 Å². The van der Waals surface area contributed by atoms with Crippen LogP contribution in [0.25, 0.3) is 0 Å². The lowest BCUT2D eigenvalue weighted by Gasteiger charge is -2.20. The largest absolute Gasteiger partial charge is 0.260 e. The zero-order chi connectivity index (χ0) is 14.8. The third kappa shape index (κ3) is 4.41. The summed E-state index contributed by atoms with van der Waals surface area (Å²) in [5.74, 6) is 1.21. The highest BCUT2D eigenvalue weighted by Crippen LogP contribution is 2.31. The zero-order valence-corrected chi connectivity index (χ0v) is 12.7. The smallest absolute Gasteiger partial charge is 0.160 e. The summed E-state index contributed by atoms with van der Waals surface area (Å²) in [5, 5.41) is 0. The molecule has 0 aliphatic heterocycles. The van der Waals surface area contributed by atoms with E-state index in [9.17, 15) is 0 Å². The highest BCUT2D eigenvalue weighted by molar-refractivity contribution is 6.01. The van der Waals surface area contributed by atoms with Gasteiger partial charge in [-0.25, -0.2) is 9.98 Å². The van der Waals surface area contributed by atoms with Crippen LogP contribution in [0.2, 0.25) is 0 Å². The van der Waals surface area contributed by atoms with Gasteiger partial charge in [0.1, 0.15) is 0 Å². The maximum absolute atomic E-state index is 4.55. The minimum Gasteiger partial charge on any atom is -0.260 e. The lowest BCUT2D eigenvalue weighted by atomic mass is 9.86. The van der Waals surface area contributed by atoms with Crippen LogP contribution < -0.4 is 0 Å². The Morgan fingerprint density at radius 1 is 1.25 bits per heavy atom. The van der Waals surface area contributed by atoms with Crippen LogP contribution in [-0.2, 0) is 0 Å². The first kappa shape index (κ1) is 16.3. The quantitative estimate of drug-likeness (QED) is 0.577. The molecule has 0 spiro atoms. The van der Waals surface area contributed by atoms with Crippen molar-refractivity contribution in [3.63, 3.8) is 0 Å². The number of aliphatic imine (C=N–C) groups is 2. The SMILES string of the molecule is C=CN=C(N=C)c1ccc(C2CCCCC2)nc1.CC. The van der Waals surface area contributed by atoms with Crippen molar-refractivity contribution in [3.8, 4) is 0 Å². The summed E-state index contributed by atoms with van der Waals surface area (Å²) in [5.41, 5.74) is 2.09. The first-order chi connectivity index (χ1) is 9.85. The summed E-state index contributed by atoms with van der Waals surface area (Å²) in [6.45, 7) is 11.1. The van der Waals surface area contributed by atoms with Crippen LogP contribution in [0.1, 0.15) is 63.1 Å². The van der Waals surface area contributed by atoms with Crippen molar-refractivity contribution < 1.29 is 0 Å². The van der Waals surface area contributed by atoms with Gasteiger partial charge in [0.05, 0.1) is 0 Å². The van der Waals surface area contributed by atoms with Gasteiger partial charge in [0.25, 0.3) is 0 Å². The standard InChI is InChI=1S/C15H19N3.C2H6/c1-3-17-15(16-2)13-9-10-14(18-11-13)12-7-5-4-6-8-12;1-2/h3,9-12H,1-2,4-8H2;1-2H3. The first-order valence-corrected chi connectivity index (χ1v) is 7.47. The molecule has 1 saturated carbocycles. The molecule has 108 valence electrons. The molecule has 0 radical (unpaired) electrons. The zero-order valence-electron chi connectivity index (χ0n) is 12.7. The Balaban J connectivity index is 0.000000956. The third-order valence-corrected chi connectivity index (χ3v) is 3.43. The summed E-state index contributed by atoms with van der Waals surface area (Å²) in [4.78, 5) is 12.5. The fourth-order valence-corrected chi connectivity index (χ4v) is 2.47. The molecule has 2 rings (SSSR count). The van der Waals surface area contributed by atoms with Crippen molar-refractivity contribution in [2.45, 2.75) is 51.9 Å². The van der Waals surface area contributed by atoms with Crippen LogP contribution in [0.3, 0.4) is 0 Å². The van der Waals surface area contributed by atoms with Crippen LogP contribution in [0.5, 0.6) is 0 Å². The van der Waals surface area contributed by atoms with E-state index in [-0.39, 0.29) is 0 Å². The molecule has 0 aromatic carbocycles. The van der Waals surface area contributed by atoms with Gasteiger partial charge in [0.15, 0.2) is 5.84 Å². The molecule has 20 heavy (non-hydrogen) atoms. The van der Waals surface area contributed by atoms with Crippen molar-refractivity contribution in [2.75, 3.05) is 0 Å². The number of pyridine rings is 1. The molecular formula is C17H25N3. The van der Waals surface area contributed by atoms with E-state index < -0.39 is 0 Å². The molecule has 1 aliphatic carbocycles. The molecule has 1 aromatic heterocycles. The molecular weight excluding hydrogens is 246 g/mol. The molecule has 1 fully saturated rings. The van der Waals surface area contributed by atoms with Gasteiger partial charge in [-0.3, -0.25) is 4.98 Å². The maximum atomic E-state index is 4.55. The predicted molar refractivity (Wildman–Crippen MR) is 87.7 cm³/mol. The van der Waals surface area contributed by atoms with Gasteiger partial charge < -0.3 is 0 Å². The van der Waals surface area contributed by atoms with Crippen molar-refractivity contribution in [2.24, 2.45) is 9.98 Å². The van der Waals surface area contributed by atoms with E-state index in [2.05, 4.69) is 34.3 Å². The van der Waals surface area contributed by atoms with Gasteiger partial charge in [0, 0.05) is 29.6 Å². The van der Waals surface area contributed by atoms with Crippen LogP contribution in [0.4, 0.5) is 0 Å². The Hall–Kier alpha value is -1.77. The average molecular weight is 271 g/mol. The molecule has 0 unspecified atom stereocenters. The summed E-state index contributed by atoms with van der Waals surface area (Å²) in [6, 6.07) is 4.11. The number of aromatic nitrogens is 1. The summed E-state index contributed by atoms with van der Waals surface area (Å²) < 4.78 is 0. The minimum absolute atomic E-state index is 0.577. The molecule has 1 aromatic rings. The number of hydrogen-bond donors (Lipinski definition) is 0. The second-order valence-electron chi connectivity index (χ2n) is 4.60. The number of amidine groups is 1. The molecule has 0 saturated heterocycles. The van der Waals surface area contributed by atoms with E-state index in [1.807, 2.05) is 26.1 Å². The first-order valence-electron chi connectivity index (χ1n) is 7.47. The average Bonchev–Trinajstić information content (AvgIpc) is 2.55.